The van der Waals surface area contributed by atoms with Gasteiger partial charge in [-0.2, -0.15) is 0 Å². The first-order valence-corrected chi connectivity index (χ1v) is 8.42. The van der Waals surface area contributed by atoms with Crippen molar-refractivity contribution in [2.24, 2.45) is 0 Å². The van der Waals surface area contributed by atoms with Crippen LogP contribution in [0.1, 0.15) is 24.9 Å². The molecule has 1 unspecified atom stereocenters. The summed E-state index contributed by atoms with van der Waals surface area (Å²) in [6, 6.07) is 7.92. The smallest absolute Gasteiger partial charge is 0.143 e. The van der Waals surface area contributed by atoms with Crippen molar-refractivity contribution < 1.29 is 9.47 Å². The number of halogens is 1. The Morgan fingerprint density at radius 1 is 1.12 bits per heavy atom. The summed E-state index contributed by atoms with van der Waals surface area (Å²) in [7, 11) is 3.30. The van der Waals surface area contributed by atoms with Gasteiger partial charge in [-0.3, -0.25) is 0 Å². The molecule has 0 aliphatic rings. The van der Waals surface area contributed by atoms with E-state index in [0.717, 1.165) is 44.9 Å². The minimum atomic E-state index is 0.0702. The van der Waals surface area contributed by atoms with Crippen molar-refractivity contribution in [1.29, 1.82) is 0 Å². The molecule has 0 amide bonds. The van der Waals surface area contributed by atoms with E-state index in [-0.39, 0.29) is 6.04 Å². The lowest BCUT2D eigenvalue weighted by Gasteiger charge is -2.20. The molecular formula is C17H19BrN4O2. The van der Waals surface area contributed by atoms with Gasteiger partial charge in [-0.1, -0.05) is 6.92 Å². The number of ether oxygens (including phenoxy) is 2. The van der Waals surface area contributed by atoms with E-state index in [1.807, 2.05) is 24.3 Å². The van der Waals surface area contributed by atoms with Gasteiger partial charge < -0.3 is 19.8 Å². The Labute approximate surface area is 148 Å². The monoisotopic (exact) mass is 390 g/mol. The summed E-state index contributed by atoms with van der Waals surface area (Å²) in [5.41, 5.74) is 1.87. The van der Waals surface area contributed by atoms with Crippen LogP contribution in [0.4, 0.5) is 5.82 Å². The van der Waals surface area contributed by atoms with Crippen LogP contribution in [-0.2, 0) is 0 Å². The van der Waals surface area contributed by atoms with Gasteiger partial charge in [0, 0.05) is 6.07 Å². The van der Waals surface area contributed by atoms with E-state index in [2.05, 4.69) is 43.1 Å². The lowest BCUT2D eigenvalue weighted by atomic mass is 10.0. The van der Waals surface area contributed by atoms with Crippen LogP contribution in [0.2, 0.25) is 0 Å². The van der Waals surface area contributed by atoms with Gasteiger partial charge in [0.15, 0.2) is 0 Å². The van der Waals surface area contributed by atoms with Crippen LogP contribution in [0.25, 0.3) is 11.0 Å². The molecule has 126 valence electrons. The number of aromatic nitrogens is 3. The topological polar surface area (TPSA) is 72.1 Å². The molecule has 3 rings (SSSR count). The van der Waals surface area contributed by atoms with Crippen molar-refractivity contribution in [3.05, 3.63) is 40.8 Å². The summed E-state index contributed by atoms with van der Waals surface area (Å²) in [6.07, 6.45) is 2.43. The summed E-state index contributed by atoms with van der Waals surface area (Å²) in [6.45, 7) is 2.12. The zero-order chi connectivity index (χ0) is 17.1. The van der Waals surface area contributed by atoms with E-state index in [1.165, 1.54) is 0 Å². The van der Waals surface area contributed by atoms with E-state index in [1.54, 1.807) is 20.5 Å². The van der Waals surface area contributed by atoms with Crippen LogP contribution < -0.4 is 14.8 Å². The van der Waals surface area contributed by atoms with Crippen LogP contribution in [0, 0.1) is 0 Å². The van der Waals surface area contributed by atoms with E-state index in [4.69, 9.17) is 9.47 Å². The Hall–Kier alpha value is -2.28. The fourth-order valence-corrected chi connectivity index (χ4v) is 3.06. The van der Waals surface area contributed by atoms with E-state index >= 15 is 0 Å². The molecule has 0 radical (unpaired) electrons. The number of rotatable bonds is 6. The molecule has 2 aromatic heterocycles. The molecule has 2 N–H and O–H groups in total. The molecule has 3 aromatic rings. The fraction of sp³-hybridized carbons (Fsp3) is 0.294. The van der Waals surface area contributed by atoms with Crippen molar-refractivity contribution >= 4 is 32.8 Å². The van der Waals surface area contributed by atoms with Gasteiger partial charge in [-0.25, -0.2) is 9.97 Å². The Bertz CT molecular complexity index is 827. The standard InChI is InChI=1S/C17H19BrN4O2/c1-4-14(10-5-11(23-2)7-12(6-10)24-3)21-16-13-8-15(18)22-17(13)20-9-19-16/h5-9,14H,4H2,1-3H3,(H2,19,20,21,22). The normalized spacial score (nSPS) is 12.2. The molecule has 6 nitrogen and oxygen atoms in total. The largest absolute Gasteiger partial charge is 0.497 e. The minimum absolute atomic E-state index is 0.0702. The van der Waals surface area contributed by atoms with Crippen LogP contribution in [0.3, 0.4) is 0 Å². The molecule has 1 atom stereocenters. The first-order chi connectivity index (χ1) is 11.6. The van der Waals surface area contributed by atoms with Crippen molar-refractivity contribution in [3.8, 4) is 11.5 Å². The number of hydrogen-bond acceptors (Lipinski definition) is 5. The van der Waals surface area contributed by atoms with E-state index < -0.39 is 0 Å². The predicted molar refractivity (Wildman–Crippen MR) is 97.8 cm³/mol. The van der Waals surface area contributed by atoms with E-state index in [0.29, 0.717) is 0 Å². The molecule has 0 bridgehead atoms. The van der Waals surface area contributed by atoms with Gasteiger partial charge in [0.2, 0.25) is 0 Å². The summed E-state index contributed by atoms with van der Waals surface area (Å²) in [5.74, 6) is 2.32. The van der Waals surface area contributed by atoms with E-state index in [9.17, 15) is 0 Å². The Kier molecular flexibility index (Phi) is 4.89. The van der Waals surface area contributed by atoms with Crippen LogP contribution in [0.15, 0.2) is 35.2 Å². The quantitative estimate of drug-likeness (QED) is 0.656. The maximum Gasteiger partial charge on any atom is 0.143 e. The van der Waals surface area contributed by atoms with Gasteiger partial charge in [-0.05, 0) is 46.1 Å². The molecule has 1 aromatic carbocycles. The van der Waals surface area contributed by atoms with Crippen LogP contribution in [-0.4, -0.2) is 29.2 Å². The average Bonchev–Trinajstić information content (AvgIpc) is 3.00. The number of methoxy groups -OCH3 is 2. The molecule has 2 heterocycles. The molecule has 0 spiro atoms. The highest BCUT2D eigenvalue weighted by atomic mass is 79.9. The summed E-state index contributed by atoms with van der Waals surface area (Å²) in [5, 5.41) is 4.44. The Morgan fingerprint density at radius 3 is 2.46 bits per heavy atom. The number of anilines is 1. The Morgan fingerprint density at radius 2 is 1.83 bits per heavy atom. The van der Waals surface area contributed by atoms with Gasteiger partial charge >= 0.3 is 0 Å². The molecular weight excluding hydrogens is 372 g/mol. The summed E-state index contributed by atoms with van der Waals surface area (Å²) >= 11 is 3.44. The maximum absolute atomic E-state index is 5.37. The molecule has 0 aliphatic carbocycles. The highest BCUT2D eigenvalue weighted by Crippen LogP contribution is 2.31. The van der Waals surface area contributed by atoms with Crippen LogP contribution >= 0.6 is 15.9 Å². The number of benzene rings is 1. The third-order valence-electron chi connectivity index (χ3n) is 3.89. The number of nitrogens with zero attached hydrogens (tertiary/aromatic N) is 2. The lowest BCUT2D eigenvalue weighted by Crippen LogP contribution is -2.11. The SMILES string of the molecule is CCC(Nc1ncnc2[nH]c(Br)cc12)c1cc(OC)cc(OC)c1. The Balaban J connectivity index is 1.97. The first kappa shape index (κ1) is 16.6. The van der Waals surface area contributed by atoms with Gasteiger partial charge in [0.05, 0.1) is 30.3 Å². The van der Waals surface area contributed by atoms with Crippen molar-refractivity contribution in [2.45, 2.75) is 19.4 Å². The molecule has 0 aliphatic heterocycles. The second-order valence-corrected chi connectivity index (χ2v) is 6.21. The fourth-order valence-electron chi connectivity index (χ4n) is 2.64. The number of fused-ring (bicyclic) bond motifs is 1. The molecule has 0 fully saturated rings. The first-order valence-electron chi connectivity index (χ1n) is 7.63. The van der Waals surface area contributed by atoms with Crippen molar-refractivity contribution in [2.75, 3.05) is 19.5 Å². The second kappa shape index (κ2) is 7.09. The second-order valence-electron chi connectivity index (χ2n) is 5.35. The maximum atomic E-state index is 5.37. The summed E-state index contributed by atoms with van der Waals surface area (Å²) < 4.78 is 11.6. The third-order valence-corrected chi connectivity index (χ3v) is 4.32. The molecule has 0 saturated heterocycles. The van der Waals surface area contributed by atoms with Gasteiger partial charge in [-0.15, -0.1) is 0 Å². The highest BCUT2D eigenvalue weighted by molar-refractivity contribution is 9.10. The lowest BCUT2D eigenvalue weighted by molar-refractivity contribution is 0.393. The predicted octanol–water partition coefficient (Wildman–Crippen LogP) is 4.30. The molecule has 24 heavy (non-hydrogen) atoms. The minimum Gasteiger partial charge on any atom is -0.497 e. The van der Waals surface area contributed by atoms with Crippen molar-refractivity contribution in [1.82, 2.24) is 15.0 Å². The van der Waals surface area contributed by atoms with Gasteiger partial charge in [0.25, 0.3) is 0 Å². The highest BCUT2D eigenvalue weighted by Gasteiger charge is 2.15. The number of hydrogen-bond donors (Lipinski definition) is 2. The summed E-state index contributed by atoms with van der Waals surface area (Å²) in [4.78, 5) is 11.8. The van der Waals surface area contributed by atoms with Crippen molar-refractivity contribution in [3.63, 3.8) is 0 Å². The zero-order valence-corrected chi connectivity index (χ0v) is 15.3. The number of nitrogens with one attached hydrogen (secondary N) is 2. The number of aromatic amines is 1. The van der Waals surface area contributed by atoms with Crippen LogP contribution in [0.5, 0.6) is 11.5 Å². The zero-order valence-electron chi connectivity index (χ0n) is 13.8. The average molecular weight is 391 g/mol. The molecule has 7 heteroatoms. The molecule has 0 saturated carbocycles. The number of H-pyrrole nitrogens is 1. The third kappa shape index (κ3) is 3.31. The van der Waals surface area contributed by atoms with Gasteiger partial charge in [0.1, 0.15) is 29.3 Å².